The molecule has 2 aromatic carbocycles. The van der Waals surface area contributed by atoms with Gasteiger partial charge in [0.2, 0.25) is 12.7 Å². The van der Waals surface area contributed by atoms with Crippen LogP contribution in [-0.4, -0.2) is 36.9 Å². The number of rotatable bonds is 6. The first kappa shape index (κ1) is 22.0. The van der Waals surface area contributed by atoms with E-state index in [1.54, 1.807) is 6.07 Å². The molecule has 0 unspecified atom stereocenters. The second-order valence-electron chi connectivity index (χ2n) is 7.69. The van der Waals surface area contributed by atoms with Crippen LogP contribution >= 0.6 is 11.6 Å². The highest BCUT2D eigenvalue weighted by atomic mass is 35.5. The van der Waals surface area contributed by atoms with Crippen molar-refractivity contribution >= 4 is 29.4 Å². The van der Waals surface area contributed by atoms with Gasteiger partial charge in [-0.05, 0) is 24.3 Å². The lowest BCUT2D eigenvalue weighted by atomic mass is 9.96. The number of likely N-dealkylation sites (tertiary alicyclic amines) is 1. The van der Waals surface area contributed by atoms with E-state index in [1.165, 1.54) is 35.4 Å². The van der Waals surface area contributed by atoms with Gasteiger partial charge in [-0.25, -0.2) is 9.82 Å². The minimum absolute atomic E-state index is 0.00211. The van der Waals surface area contributed by atoms with Gasteiger partial charge in [0, 0.05) is 18.4 Å². The lowest BCUT2D eigenvalue weighted by molar-refractivity contribution is -0.919. The number of amides is 1. The molecule has 1 fully saturated rings. The van der Waals surface area contributed by atoms with Crippen LogP contribution < -0.4 is 19.8 Å². The summed E-state index contributed by atoms with van der Waals surface area (Å²) in [4.78, 5) is 24.5. The molecular weight excluding hydrogens is 443 g/mol. The third-order valence-corrected chi connectivity index (χ3v) is 5.97. The van der Waals surface area contributed by atoms with Gasteiger partial charge in [0.1, 0.15) is 12.4 Å². The molecular formula is C21H21ClFN4O5+. The van der Waals surface area contributed by atoms with Gasteiger partial charge in [0.05, 0.1) is 46.8 Å². The smallest absolute Gasteiger partial charge is 0.282 e. The maximum Gasteiger partial charge on any atom is 0.282 e. The van der Waals surface area contributed by atoms with Crippen LogP contribution in [0.5, 0.6) is 11.5 Å². The molecule has 4 rings (SSSR count). The summed E-state index contributed by atoms with van der Waals surface area (Å²) in [6, 6.07) is 7.12. The zero-order valence-electron chi connectivity index (χ0n) is 17.0. The van der Waals surface area contributed by atoms with E-state index in [1.807, 2.05) is 0 Å². The molecule has 1 saturated heterocycles. The standard InChI is InChI=1S/C21H20ClFN4O5/c22-17-8-16(23)2-1-14(17)11-26-5-3-13(4-6-26)21(28)25-24-10-15-7-19-20(32-12-31-19)9-18(15)27(29)30/h1-2,7-10,13H,3-6,11-12H2,(H,25,28)/p+1/b24-10-. The Kier molecular flexibility index (Phi) is 6.52. The molecule has 2 heterocycles. The predicted octanol–water partition coefficient (Wildman–Crippen LogP) is 2.06. The van der Waals surface area contributed by atoms with Crippen LogP contribution in [0.3, 0.4) is 0 Å². The van der Waals surface area contributed by atoms with Gasteiger partial charge in [-0.15, -0.1) is 0 Å². The number of nitrogens with one attached hydrogen (secondary N) is 2. The number of hydrazone groups is 1. The Bertz CT molecular complexity index is 1070. The second kappa shape index (κ2) is 9.49. The summed E-state index contributed by atoms with van der Waals surface area (Å²) >= 11 is 6.11. The number of hydrogen-bond donors (Lipinski definition) is 2. The third-order valence-electron chi connectivity index (χ3n) is 5.62. The summed E-state index contributed by atoms with van der Waals surface area (Å²) in [5, 5.41) is 15.6. The highest BCUT2D eigenvalue weighted by Gasteiger charge is 2.28. The zero-order chi connectivity index (χ0) is 22.7. The Balaban J connectivity index is 1.31. The van der Waals surface area contributed by atoms with E-state index >= 15 is 0 Å². The Morgan fingerprint density at radius 1 is 1.28 bits per heavy atom. The number of nitrogens with zero attached hydrogens (tertiary/aromatic N) is 2. The zero-order valence-corrected chi connectivity index (χ0v) is 17.7. The number of piperidine rings is 1. The van der Waals surface area contributed by atoms with Crippen LogP contribution in [0, 0.1) is 21.8 Å². The first-order valence-corrected chi connectivity index (χ1v) is 10.5. The normalized spacial score (nSPS) is 19.8. The summed E-state index contributed by atoms with van der Waals surface area (Å²) in [7, 11) is 0. The van der Waals surface area contributed by atoms with E-state index in [9.17, 15) is 19.3 Å². The SMILES string of the molecule is O=C(N/N=C\c1cc2c(cc1[N+](=O)[O-])OCO2)C1CC[NH+](Cc2ccc(F)cc2Cl)CC1. The fourth-order valence-electron chi connectivity index (χ4n) is 3.86. The highest BCUT2D eigenvalue weighted by molar-refractivity contribution is 6.31. The second-order valence-corrected chi connectivity index (χ2v) is 8.10. The number of nitro benzene ring substituents is 1. The molecule has 1 amide bonds. The number of halogens is 2. The summed E-state index contributed by atoms with van der Waals surface area (Å²) in [6.45, 7) is 2.20. The minimum atomic E-state index is -0.545. The minimum Gasteiger partial charge on any atom is -0.454 e. The van der Waals surface area contributed by atoms with Gasteiger partial charge < -0.3 is 14.4 Å². The van der Waals surface area contributed by atoms with E-state index < -0.39 is 4.92 Å². The van der Waals surface area contributed by atoms with Crippen LogP contribution in [0.4, 0.5) is 10.1 Å². The molecule has 0 aromatic heterocycles. The monoisotopic (exact) mass is 463 g/mol. The van der Waals surface area contributed by atoms with Crippen molar-refractivity contribution in [2.24, 2.45) is 11.0 Å². The largest absolute Gasteiger partial charge is 0.454 e. The first-order valence-electron chi connectivity index (χ1n) is 10.1. The molecule has 0 atom stereocenters. The first-order chi connectivity index (χ1) is 15.4. The number of carbonyl (C=O) groups excluding carboxylic acids is 1. The molecule has 0 aliphatic carbocycles. The molecule has 2 aliphatic heterocycles. The molecule has 0 spiro atoms. The fraction of sp³-hybridized carbons (Fsp3) is 0.333. The highest BCUT2D eigenvalue weighted by Crippen LogP contribution is 2.37. The maximum absolute atomic E-state index is 13.2. The van der Waals surface area contributed by atoms with E-state index in [0.29, 0.717) is 35.9 Å². The molecule has 168 valence electrons. The maximum atomic E-state index is 13.2. The molecule has 11 heteroatoms. The third kappa shape index (κ3) is 4.97. The molecule has 0 bridgehead atoms. The summed E-state index contributed by atoms with van der Waals surface area (Å²) in [5.41, 5.74) is 3.37. The average Bonchev–Trinajstić information content (AvgIpc) is 3.23. The number of nitro groups is 1. The van der Waals surface area contributed by atoms with Crippen molar-refractivity contribution in [3.8, 4) is 11.5 Å². The Morgan fingerprint density at radius 3 is 2.69 bits per heavy atom. The fourth-order valence-corrected chi connectivity index (χ4v) is 4.10. The van der Waals surface area contributed by atoms with Crippen LogP contribution in [0.2, 0.25) is 5.02 Å². The van der Waals surface area contributed by atoms with Gasteiger partial charge in [-0.1, -0.05) is 11.6 Å². The Morgan fingerprint density at radius 2 is 2.00 bits per heavy atom. The van der Waals surface area contributed by atoms with Crippen LogP contribution in [0.15, 0.2) is 35.4 Å². The van der Waals surface area contributed by atoms with Crippen molar-refractivity contribution in [2.75, 3.05) is 19.9 Å². The Labute approximate surface area is 187 Å². The predicted molar refractivity (Wildman–Crippen MR) is 113 cm³/mol. The van der Waals surface area contributed by atoms with E-state index in [4.69, 9.17) is 21.1 Å². The lowest BCUT2D eigenvalue weighted by Crippen LogP contribution is -3.11. The molecule has 2 aliphatic rings. The molecule has 0 saturated carbocycles. The van der Waals surface area contributed by atoms with Crippen LogP contribution in [0.1, 0.15) is 24.0 Å². The van der Waals surface area contributed by atoms with Gasteiger partial charge in [-0.2, -0.15) is 5.10 Å². The number of hydrogen-bond acceptors (Lipinski definition) is 6. The van der Waals surface area contributed by atoms with Crippen LogP contribution in [-0.2, 0) is 11.3 Å². The van der Waals surface area contributed by atoms with Crippen molar-refractivity contribution < 1.29 is 28.5 Å². The summed E-state index contributed by atoms with van der Waals surface area (Å²) < 4.78 is 23.6. The van der Waals surface area contributed by atoms with Crippen molar-refractivity contribution in [1.29, 1.82) is 0 Å². The van der Waals surface area contributed by atoms with E-state index in [-0.39, 0.29) is 35.7 Å². The van der Waals surface area contributed by atoms with Gasteiger partial charge >= 0.3 is 0 Å². The van der Waals surface area contributed by atoms with Gasteiger partial charge in [-0.3, -0.25) is 14.9 Å². The number of quaternary nitrogens is 1. The molecule has 2 aromatic rings. The molecule has 32 heavy (non-hydrogen) atoms. The number of ether oxygens (including phenoxy) is 2. The van der Waals surface area contributed by atoms with E-state index in [2.05, 4.69) is 10.5 Å². The van der Waals surface area contributed by atoms with Gasteiger partial charge in [0.15, 0.2) is 11.5 Å². The quantitative estimate of drug-likeness (QED) is 0.387. The summed E-state index contributed by atoms with van der Waals surface area (Å²) in [5.74, 6) is -0.111. The summed E-state index contributed by atoms with van der Waals surface area (Å²) in [6.07, 6.45) is 2.56. The van der Waals surface area contributed by atoms with Gasteiger partial charge in [0.25, 0.3) is 5.69 Å². The number of fused-ring (bicyclic) bond motifs is 1. The Hall–Kier alpha value is -3.24. The van der Waals surface area contributed by atoms with Crippen molar-refractivity contribution in [3.05, 3.63) is 62.4 Å². The average molecular weight is 464 g/mol. The topological polar surface area (TPSA) is 108 Å². The lowest BCUT2D eigenvalue weighted by Gasteiger charge is -2.28. The van der Waals surface area contributed by atoms with Crippen molar-refractivity contribution in [3.63, 3.8) is 0 Å². The van der Waals surface area contributed by atoms with Crippen molar-refractivity contribution in [1.82, 2.24) is 5.43 Å². The molecule has 2 N–H and O–H groups in total. The van der Waals surface area contributed by atoms with Crippen molar-refractivity contribution in [2.45, 2.75) is 19.4 Å². The van der Waals surface area contributed by atoms with Crippen LogP contribution in [0.25, 0.3) is 0 Å². The molecule has 9 nitrogen and oxygen atoms in total. The number of benzene rings is 2. The molecule has 0 radical (unpaired) electrons. The van der Waals surface area contributed by atoms with E-state index in [0.717, 1.165) is 18.7 Å². The number of carbonyl (C=O) groups is 1.